The summed E-state index contributed by atoms with van der Waals surface area (Å²) in [7, 11) is -5.14. The van der Waals surface area contributed by atoms with Gasteiger partial charge in [-0.2, -0.15) is 0 Å². The van der Waals surface area contributed by atoms with Crippen molar-refractivity contribution in [2.45, 2.75) is 224 Å². The standard InChI is InChI=1S/C51H87O13P/c1-3-5-7-9-11-13-15-17-19-21-22-24-25-27-29-31-33-35-37-39-44(52)61-41-43(42-62-65(59,60)64-51-49(57)47(55)46(54)48(56)50(51)58)63-45(53)40-38-36-34-32-30-28-26-23-20-18-16-14-12-10-8-6-4-2/h6,8,12,14,18,20-22,26,28,32,34,43,46-51,54-58H,3-5,7,9-11,13,15-17,19,23-25,27,29-31,33,35-42H2,1-2H3,(H,59,60)/b8-6-,14-12-,20-18-,22-21-,28-26-,34-32-/t43-,46?,47-,48?,49?,50?,51?/m1/s1. The molecule has 0 bridgehead atoms. The summed E-state index contributed by atoms with van der Waals surface area (Å²) in [5, 5.41) is 50.2. The number of phosphoric acid groups is 1. The van der Waals surface area contributed by atoms with E-state index in [0.717, 1.165) is 64.2 Å². The number of aliphatic hydroxyl groups is 5. The van der Waals surface area contributed by atoms with Gasteiger partial charge in [-0.25, -0.2) is 4.57 Å². The molecule has 14 heteroatoms. The molecular weight excluding hydrogens is 852 g/mol. The van der Waals surface area contributed by atoms with E-state index >= 15 is 0 Å². The second-order valence-corrected chi connectivity index (χ2v) is 18.3. The Balaban J connectivity index is 2.46. The van der Waals surface area contributed by atoms with Gasteiger partial charge < -0.3 is 39.9 Å². The van der Waals surface area contributed by atoms with Crippen molar-refractivity contribution in [3.63, 3.8) is 0 Å². The van der Waals surface area contributed by atoms with Crippen LogP contribution in [0, 0.1) is 0 Å². The van der Waals surface area contributed by atoms with Gasteiger partial charge in [-0.3, -0.25) is 18.6 Å². The Morgan fingerprint density at radius 2 is 0.892 bits per heavy atom. The predicted molar refractivity (Wildman–Crippen MR) is 258 cm³/mol. The molecule has 0 radical (unpaired) electrons. The minimum Gasteiger partial charge on any atom is -0.462 e. The molecule has 0 aromatic carbocycles. The van der Waals surface area contributed by atoms with Crippen LogP contribution in [-0.4, -0.2) is 98.3 Å². The molecule has 65 heavy (non-hydrogen) atoms. The molecule has 374 valence electrons. The van der Waals surface area contributed by atoms with Crippen molar-refractivity contribution >= 4 is 19.8 Å². The topological polar surface area (TPSA) is 210 Å². The maximum atomic E-state index is 12.8. The highest BCUT2D eigenvalue weighted by atomic mass is 31.2. The summed E-state index contributed by atoms with van der Waals surface area (Å²) in [4.78, 5) is 35.8. The zero-order valence-corrected chi connectivity index (χ0v) is 40.7. The van der Waals surface area contributed by atoms with E-state index in [1.54, 1.807) is 0 Å². The summed E-state index contributed by atoms with van der Waals surface area (Å²) >= 11 is 0. The number of allylic oxidation sites excluding steroid dienone is 12. The van der Waals surface area contributed by atoms with Gasteiger partial charge in [0.25, 0.3) is 0 Å². The summed E-state index contributed by atoms with van der Waals surface area (Å²) in [5.41, 5.74) is 0. The lowest BCUT2D eigenvalue weighted by molar-refractivity contribution is -0.220. The second-order valence-electron chi connectivity index (χ2n) is 16.9. The van der Waals surface area contributed by atoms with Crippen molar-refractivity contribution in [1.82, 2.24) is 0 Å². The molecule has 1 rings (SSSR count). The molecule has 1 fully saturated rings. The van der Waals surface area contributed by atoms with Gasteiger partial charge >= 0.3 is 19.8 Å². The first-order valence-electron chi connectivity index (χ1n) is 24.7. The molecule has 0 amide bonds. The molecule has 0 saturated heterocycles. The number of aliphatic hydroxyl groups excluding tert-OH is 5. The van der Waals surface area contributed by atoms with Crippen LogP contribution in [0.15, 0.2) is 72.9 Å². The molecule has 0 aromatic rings. The largest absolute Gasteiger partial charge is 0.472 e. The van der Waals surface area contributed by atoms with Gasteiger partial charge in [-0.05, 0) is 77.0 Å². The average molecular weight is 939 g/mol. The van der Waals surface area contributed by atoms with Gasteiger partial charge in [-0.1, -0.05) is 164 Å². The van der Waals surface area contributed by atoms with E-state index in [0.29, 0.717) is 19.3 Å². The van der Waals surface area contributed by atoms with Gasteiger partial charge in [0.2, 0.25) is 0 Å². The van der Waals surface area contributed by atoms with Crippen molar-refractivity contribution in [3.05, 3.63) is 72.9 Å². The van der Waals surface area contributed by atoms with Crippen molar-refractivity contribution < 1.29 is 63.1 Å². The smallest absolute Gasteiger partial charge is 0.462 e. The third kappa shape index (κ3) is 32.6. The molecule has 0 heterocycles. The third-order valence-electron chi connectivity index (χ3n) is 11.0. The summed E-state index contributed by atoms with van der Waals surface area (Å²) in [5.74, 6) is -1.18. The van der Waals surface area contributed by atoms with Crippen molar-refractivity contribution in [3.8, 4) is 0 Å². The monoisotopic (exact) mass is 939 g/mol. The Kier molecular flexibility index (Phi) is 37.5. The van der Waals surface area contributed by atoms with Crippen molar-refractivity contribution in [2.75, 3.05) is 13.2 Å². The minimum atomic E-state index is -5.14. The molecular formula is C51H87O13P. The zero-order chi connectivity index (χ0) is 47.8. The third-order valence-corrected chi connectivity index (χ3v) is 12.0. The van der Waals surface area contributed by atoms with Crippen molar-refractivity contribution in [1.29, 1.82) is 0 Å². The zero-order valence-electron chi connectivity index (χ0n) is 39.8. The Labute approximate surface area is 391 Å². The highest BCUT2D eigenvalue weighted by molar-refractivity contribution is 7.47. The highest BCUT2D eigenvalue weighted by Crippen LogP contribution is 2.47. The van der Waals surface area contributed by atoms with E-state index in [2.05, 4.69) is 74.6 Å². The van der Waals surface area contributed by atoms with Gasteiger partial charge in [0.1, 0.15) is 43.2 Å². The summed E-state index contributed by atoms with van der Waals surface area (Å²) in [6.45, 7) is 3.14. The first kappa shape index (κ1) is 60.3. The number of rotatable bonds is 40. The van der Waals surface area contributed by atoms with Crippen LogP contribution in [-0.2, 0) is 32.7 Å². The molecule has 8 atom stereocenters. The lowest BCUT2D eigenvalue weighted by Crippen LogP contribution is -2.64. The van der Waals surface area contributed by atoms with E-state index in [-0.39, 0.29) is 12.8 Å². The van der Waals surface area contributed by atoms with E-state index in [4.69, 9.17) is 18.5 Å². The SMILES string of the molecule is CC/C=C\C/C=C\C/C=C\C/C=C\C/C=C\CCCC(=O)O[C@H](COC(=O)CCCCCCCCC/C=C\CCCCCCCCCC)COP(=O)(O)OC1C(O)C(O)C(O)[C@@H](O)C1O. The first-order valence-corrected chi connectivity index (χ1v) is 26.2. The molecule has 1 saturated carbocycles. The fraction of sp³-hybridized carbons (Fsp3) is 0.725. The average Bonchev–Trinajstić information content (AvgIpc) is 3.29. The Morgan fingerprint density at radius 3 is 1.40 bits per heavy atom. The highest BCUT2D eigenvalue weighted by Gasteiger charge is 2.51. The number of carbonyl (C=O) groups excluding carboxylic acids is 2. The molecule has 13 nitrogen and oxygen atoms in total. The van der Waals surface area contributed by atoms with Crippen LogP contribution in [0.5, 0.6) is 0 Å². The van der Waals surface area contributed by atoms with Crippen LogP contribution in [0.4, 0.5) is 0 Å². The molecule has 0 spiro atoms. The molecule has 0 aromatic heterocycles. The number of ether oxygens (including phenoxy) is 2. The predicted octanol–water partition coefficient (Wildman–Crippen LogP) is 10.3. The van der Waals surface area contributed by atoms with E-state index < -0.39 is 75.7 Å². The number of unbranched alkanes of at least 4 members (excludes halogenated alkanes) is 16. The van der Waals surface area contributed by atoms with Gasteiger partial charge in [0.15, 0.2) is 6.10 Å². The minimum absolute atomic E-state index is 0.0145. The Hall–Kier alpha value is -2.71. The molecule has 6 N–H and O–H groups in total. The van der Waals surface area contributed by atoms with Gasteiger partial charge in [0.05, 0.1) is 6.61 Å². The Bertz CT molecular complexity index is 1410. The fourth-order valence-corrected chi connectivity index (χ4v) is 8.05. The molecule has 1 aliphatic rings. The summed E-state index contributed by atoms with van der Waals surface area (Å²) in [6.07, 6.45) is 38.2. The van der Waals surface area contributed by atoms with Crippen LogP contribution in [0.25, 0.3) is 0 Å². The number of esters is 2. The van der Waals surface area contributed by atoms with Crippen LogP contribution in [0.1, 0.15) is 181 Å². The van der Waals surface area contributed by atoms with Crippen LogP contribution < -0.4 is 0 Å². The van der Waals surface area contributed by atoms with Gasteiger partial charge in [-0.15, -0.1) is 0 Å². The Morgan fingerprint density at radius 1 is 0.492 bits per heavy atom. The van der Waals surface area contributed by atoms with E-state index in [1.807, 2.05) is 12.2 Å². The second kappa shape index (κ2) is 40.4. The summed E-state index contributed by atoms with van der Waals surface area (Å²) < 4.78 is 33.5. The maximum Gasteiger partial charge on any atom is 0.472 e. The quantitative estimate of drug-likeness (QED) is 0.0146. The molecule has 1 aliphatic carbocycles. The normalized spacial score (nSPS) is 22.0. The van der Waals surface area contributed by atoms with E-state index in [9.17, 15) is 44.6 Å². The van der Waals surface area contributed by atoms with Crippen LogP contribution in [0.3, 0.4) is 0 Å². The van der Waals surface area contributed by atoms with E-state index in [1.165, 1.54) is 70.6 Å². The fourth-order valence-electron chi connectivity index (χ4n) is 7.08. The number of hydrogen-bond donors (Lipinski definition) is 6. The number of hydrogen-bond acceptors (Lipinski definition) is 12. The van der Waals surface area contributed by atoms with Crippen LogP contribution in [0.2, 0.25) is 0 Å². The number of carbonyl (C=O) groups is 2. The molecule has 6 unspecified atom stereocenters. The number of phosphoric ester groups is 1. The van der Waals surface area contributed by atoms with Gasteiger partial charge in [0, 0.05) is 12.8 Å². The summed E-state index contributed by atoms with van der Waals surface area (Å²) in [6, 6.07) is 0. The molecule has 0 aliphatic heterocycles. The maximum absolute atomic E-state index is 12.8. The lowest BCUT2D eigenvalue weighted by atomic mass is 9.85. The first-order chi connectivity index (χ1) is 31.4. The van der Waals surface area contributed by atoms with Crippen LogP contribution >= 0.6 is 7.82 Å². The lowest BCUT2D eigenvalue weighted by Gasteiger charge is -2.41. The van der Waals surface area contributed by atoms with Crippen molar-refractivity contribution in [2.24, 2.45) is 0 Å².